The molecule has 58 valence electrons. The molecule has 0 amide bonds. The minimum Gasteiger partial charge on any atom is -0.259 e. The van der Waals surface area contributed by atoms with E-state index in [1.807, 2.05) is 24.3 Å². The van der Waals surface area contributed by atoms with Crippen LogP contribution in [0.4, 0.5) is 0 Å². The Kier molecular flexibility index (Phi) is 1.99. The van der Waals surface area contributed by atoms with Crippen LogP contribution in [0.25, 0.3) is 0 Å². The molecule has 0 N–H and O–H groups in total. The Morgan fingerprint density at radius 2 is 2.33 bits per heavy atom. The Balaban J connectivity index is 2.31. The van der Waals surface area contributed by atoms with Crippen molar-refractivity contribution in [1.82, 2.24) is 4.98 Å². The summed E-state index contributed by atoms with van der Waals surface area (Å²) in [5.41, 5.74) is 1.74. The summed E-state index contributed by atoms with van der Waals surface area (Å²) < 4.78 is 0. The molecule has 2 radical (unpaired) electrons. The molecule has 1 aliphatic rings. The molecule has 0 bridgehead atoms. The zero-order valence-electron chi connectivity index (χ0n) is 6.57. The van der Waals surface area contributed by atoms with Gasteiger partial charge >= 0.3 is 0 Å². The fraction of sp³-hybridized carbons (Fsp3) is 0.100. The zero-order valence-corrected chi connectivity index (χ0v) is 6.57. The Bertz CT molecular complexity index is 312. The van der Waals surface area contributed by atoms with Crippen molar-refractivity contribution in [3.8, 4) is 0 Å². The fourth-order valence-corrected chi connectivity index (χ4v) is 1.04. The molecule has 2 nitrogen and oxygen atoms in total. The first-order valence-electron chi connectivity index (χ1n) is 3.85. The van der Waals surface area contributed by atoms with Crippen LogP contribution in [0.2, 0.25) is 0 Å². The Morgan fingerprint density at radius 1 is 1.33 bits per heavy atom. The predicted molar refractivity (Wildman–Crippen MR) is 47.8 cm³/mol. The molecule has 2 rings (SSSR count). The van der Waals surface area contributed by atoms with Crippen LogP contribution in [-0.4, -0.2) is 10.7 Å². The summed E-state index contributed by atoms with van der Waals surface area (Å²) in [5, 5.41) is 0. The lowest BCUT2D eigenvalue weighted by molar-refractivity contribution is 1.21. The molecule has 1 aliphatic heterocycles. The van der Waals surface area contributed by atoms with Crippen molar-refractivity contribution >= 4 is 5.71 Å². The van der Waals surface area contributed by atoms with E-state index in [0.717, 1.165) is 17.8 Å². The van der Waals surface area contributed by atoms with E-state index in [-0.39, 0.29) is 0 Å². The monoisotopic (exact) mass is 156 g/mol. The lowest BCUT2D eigenvalue weighted by atomic mass is 10.1. The van der Waals surface area contributed by atoms with Crippen LogP contribution in [0, 0.1) is 6.42 Å². The minimum absolute atomic E-state index is 0.829. The number of allylic oxidation sites excluding steroid dienone is 1. The van der Waals surface area contributed by atoms with Gasteiger partial charge in [0.25, 0.3) is 0 Å². The predicted octanol–water partition coefficient (Wildman–Crippen LogP) is 1.87. The highest BCUT2D eigenvalue weighted by molar-refractivity contribution is 6.06. The van der Waals surface area contributed by atoms with E-state index < -0.39 is 0 Å². The average Bonchev–Trinajstić information content (AvgIpc) is 2.21. The van der Waals surface area contributed by atoms with Gasteiger partial charge in [0.05, 0.1) is 11.4 Å². The molecule has 0 atom stereocenters. The molecule has 1 aromatic rings. The van der Waals surface area contributed by atoms with Crippen molar-refractivity contribution in [2.45, 2.75) is 6.42 Å². The van der Waals surface area contributed by atoms with E-state index in [9.17, 15) is 0 Å². The van der Waals surface area contributed by atoms with Crippen LogP contribution >= 0.6 is 0 Å². The Labute approximate surface area is 71.7 Å². The number of hydrogen-bond acceptors (Lipinski definition) is 2. The first-order valence-corrected chi connectivity index (χ1v) is 3.85. The molecule has 0 aliphatic carbocycles. The second kappa shape index (κ2) is 3.30. The topological polar surface area (TPSA) is 25.2 Å². The summed E-state index contributed by atoms with van der Waals surface area (Å²) in [6, 6.07) is 5.78. The quantitative estimate of drug-likeness (QED) is 0.609. The average molecular weight is 156 g/mol. The number of nitrogens with zero attached hydrogens (tertiary/aromatic N) is 2. The van der Waals surface area contributed by atoms with Crippen LogP contribution in [0.15, 0.2) is 41.7 Å². The maximum atomic E-state index is 4.18. The molecular weight excluding hydrogens is 148 g/mol. The number of aromatic nitrogens is 1. The third kappa shape index (κ3) is 1.42. The lowest BCUT2D eigenvalue weighted by Gasteiger charge is -2.04. The van der Waals surface area contributed by atoms with Crippen molar-refractivity contribution < 1.29 is 0 Å². The van der Waals surface area contributed by atoms with Crippen LogP contribution < -0.4 is 0 Å². The van der Waals surface area contributed by atoms with Crippen LogP contribution in [0.1, 0.15) is 12.1 Å². The van der Waals surface area contributed by atoms with E-state index in [1.54, 1.807) is 12.4 Å². The van der Waals surface area contributed by atoms with E-state index in [1.165, 1.54) is 0 Å². The zero-order chi connectivity index (χ0) is 8.23. The minimum atomic E-state index is 0.829. The van der Waals surface area contributed by atoms with Gasteiger partial charge in [-0.15, -0.1) is 0 Å². The molecule has 0 fully saturated rings. The number of pyridine rings is 1. The highest BCUT2D eigenvalue weighted by Crippen LogP contribution is 2.07. The lowest BCUT2D eigenvalue weighted by Crippen LogP contribution is -2.05. The molecule has 0 unspecified atom stereocenters. The molecule has 0 saturated carbocycles. The summed E-state index contributed by atoms with van der Waals surface area (Å²) in [7, 11) is 0. The standard InChI is InChI=1S/C10H8N2/c1-3-7-11-9(5-1)10-6-2-4-8-12-10/h1,3-5,7-8H,2H2. The highest BCUT2D eigenvalue weighted by Gasteiger charge is 2.05. The Hall–Kier alpha value is -1.44. The molecule has 1 aromatic heterocycles. The van der Waals surface area contributed by atoms with Crippen molar-refractivity contribution in [2.24, 2.45) is 4.99 Å². The molecule has 0 aromatic carbocycles. The molecule has 12 heavy (non-hydrogen) atoms. The van der Waals surface area contributed by atoms with Gasteiger partial charge in [0.15, 0.2) is 0 Å². The molecule has 2 heterocycles. The van der Waals surface area contributed by atoms with Gasteiger partial charge in [-0.1, -0.05) is 12.1 Å². The SMILES string of the molecule is [C]1CC=CN=C1c1ccccn1. The third-order valence-corrected chi connectivity index (χ3v) is 1.60. The van der Waals surface area contributed by atoms with Gasteiger partial charge in [0.1, 0.15) is 0 Å². The maximum absolute atomic E-state index is 4.18. The van der Waals surface area contributed by atoms with E-state index in [0.29, 0.717) is 0 Å². The van der Waals surface area contributed by atoms with Crippen molar-refractivity contribution in [2.75, 3.05) is 0 Å². The first-order chi connectivity index (χ1) is 5.97. The number of aliphatic imine (C=N–C) groups is 1. The maximum Gasteiger partial charge on any atom is 0.0851 e. The van der Waals surface area contributed by atoms with Crippen LogP contribution in [-0.2, 0) is 0 Å². The van der Waals surface area contributed by atoms with Gasteiger partial charge in [-0.25, -0.2) is 0 Å². The van der Waals surface area contributed by atoms with E-state index in [2.05, 4.69) is 16.4 Å². The van der Waals surface area contributed by atoms with Gasteiger partial charge in [0.2, 0.25) is 0 Å². The van der Waals surface area contributed by atoms with Crippen molar-refractivity contribution in [3.05, 3.63) is 48.8 Å². The number of rotatable bonds is 1. The fourth-order valence-electron chi connectivity index (χ4n) is 1.04. The largest absolute Gasteiger partial charge is 0.259 e. The third-order valence-electron chi connectivity index (χ3n) is 1.60. The van der Waals surface area contributed by atoms with Gasteiger partial charge in [0, 0.05) is 18.8 Å². The van der Waals surface area contributed by atoms with Crippen molar-refractivity contribution in [3.63, 3.8) is 0 Å². The molecule has 0 saturated heterocycles. The summed E-state index contributed by atoms with van der Waals surface area (Å²) in [6.07, 6.45) is 9.48. The smallest absolute Gasteiger partial charge is 0.0851 e. The second-order valence-electron chi connectivity index (χ2n) is 2.46. The van der Waals surface area contributed by atoms with Gasteiger partial charge in [-0.2, -0.15) is 0 Å². The molecule has 2 heteroatoms. The van der Waals surface area contributed by atoms with Crippen LogP contribution in [0.3, 0.4) is 0 Å². The van der Waals surface area contributed by atoms with E-state index in [4.69, 9.17) is 0 Å². The first kappa shape index (κ1) is 7.22. The summed E-state index contributed by atoms with van der Waals surface area (Å²) in [4.78, 5) is 8.34. The van der Waals surface area contributed by atoms with E-state index >= 15 is 0 Å². The van der Waals surface area contributed by atoms with Gasteiger partial charge in [-0.3, -0.25) is 9.98 Å². The van der Waals surface area contributed by atoms with Gasteiger partial charge in [-0.05, 0) is 18.6 Å². The molecular formula is C10H8N2. The van der Waals surface area contributed by atoms with Gasteiger partial charge < -0.3 is 0 Å². The van der Waals surface area contributed by atoms with Crippen molar-refractivity contribution in [1.29, 1.82) is 0 Å². The summed E-state index contributed by atoms with van der Waals surface area (Å²) >= 11 is 0. The normalized spacial score (nSPS) is 15.8. The second-order valence-corrected chi connectivity index (χ2v) is 2.46. The molecule has 0 spiro atoms. The van der Waals surface area contributed by atoms with Crippen LogP contribution in [0.5, 0.6) is 0 Å². The number of hydrogen-bond donors (Lipinski definition) is 0. The highest BCUT2D eigenvalue weighted by atomic mass is 14.8. The summed E-state index contributed by atoms with van der Waals surface area (Å²) in [5.74, 6) is 0. The Morgan fingerprint density at radius 3 is 3.00 bits per heavy atom. The summed E-state index contributed by atoms with van der Waals surface area (Å²) in [6.45, 7) is 0.